The third-order valence-electron chi connectivity index (χ3n) is 15.4. The summed E-state index contributed by atoms with van der Waals surface area (Å²) in [5.41, 5.74) is -0.609. The first-order chi connectivity index (χ1) is 38.5. The van der Waals surface area contributed by atoms with Crippen molar-refractivity contribution >= 4 is 83.7 Å². The molecule has 23 heteroatoms. The van der Waals surface area contributed by atoms with E-state index in [1.807, 2.05) is 52.1 Å². The molecule has 3 saturated heterocycles. The van der Waals surface area contributed by atoms with Crippen molar-refractivity contribution in [1.29, 1.82) is 0 Å². The first-order valence-corrected chi connectivity index (χ1v) is 31.2. The summed E-state index contributed by atoms with van der Waals surface area (Å²) in [6.07, 6.45) is 3.50. The number of thioether (sulfide) groups is 1. The van der Waals surface area contributed by atoms with E-state index >= 15 is 4.39 Å². The summed E-state index contributed by atoms with van der Waals surface area (Å²) < 4.78 is 115. The molecule has 3 N–H and O–H groups in total. The lowest BCUT2D eigenvalue weighted by Crippen LogP contribution is -2.50. The number of benzene rings is 5. The van der Waals surface area contributed by atoms with E-state index in [1.165, 1.54) is 57.6 Å². The number of imide groups is 1. The fraction of sp³-hybridized carbons (Fsp3) is 0.397. The summed E-state index contributed by atoms with van der Waals surface area (Å²) in [5.74, 6) is -1.69. The number of sulfone groups is 1. The molecule has 4 aliphatic rings. The molecule has 3 heterocycles. The number of hydrogen-bond donors (Lipinski definition) is 3. The van der Waals surface area contributed by atoms with Gasteiger partial charge in [0.25, 0.3) is 25.8 Å². The summed E-state index contributed by atoms with van der Waals surface area (Å²) in [7, 11) is -11.1. The zero-order valence-electron chi connectivity index (χ0n) is 45.0. The summed E-state index contributed by atoms with van der Waals surface area (Å²) >= 11 is 7.60. The van der Waals surface area contributed by atoms with Crippen LogP contribution in [0.5, 0.6) is 0 Å². The van der Waals surface area contributed by atoms with Gasteiger partial charge in [-0.05, 0) is 121 Å². The van der Waals surface area contributed by atoms with Crippen molar-refractivity contribution in [2.45, 2.75) is 78.7 Å². The number of alkyl halides is 3. The van der Waals surface area contributed by atoms with Crippen molar-refractivity contribution in [2.75, 3.05) is 92.9 Å². The van der Waals surface area contributed by atoms with Gasteiger partial charge in [-0.3, -0.25) is 29.6 Å². The molecule has 3 aliphatic heterocycles. The van der Waals surface area contributed by atoms with E-state index in [1.54, 1.807) is 18.2 Å². The lowest BCUT2D eigenvalue weighted by molar-refractivity contribution is -0.120. The highest BCUT2D eigenvalue weighted by molar-refractivity contribution is 7.99. The number of carbonyl (C=O) groups excluding carboxylic acids is 3. The van der Waals surface area contributed by atoms with Gasteiger partial charge < -0.3 is 15.1 Å². The largest absolute Gasteiger partial charge is 0.501 e. The average Bonchev–Trinajstić information content (AvgIpc) is 3.43. The van der Waals surface area contributed by atoms with Crippen LogP contribution in [0.1, 0.15) is 67.4 Å². The maximum atomic E-state index is 15.3. The van der Waals surface area contributed by atoms with Crippen molar-refractivity contribution in [1.82, 2.24) is 24.7 Å². The molecule has 4 amide bonds. The molecule has 432 valence electrons. The Balaban J connectivity index is 0.843. The second kappa shape index (κ2) is 25.2. The zero-order valence-corrected chi connectivity index (χ0v) is 48.2. The van der Waals surface area contributed by atoms with Gasteiger partial charge in [0, 0.05) is 123 Å². The van der Waals surface area contributed by atoms with Gasteiger partial charge >= 0.3 is 11.5 Å². The Kier molecular flexibility index (Phi) is 18.6. The quantitative estimate of drug-likeness (QED) is 0.0528. The van der Waals surface area contributed by atoms with E-state index in [4.69, 9.17) is 11.6 Å². The standard InChI is InChI=1S/C58H65ClF4N8O7S3/c1-57(2)24-21-48(40-11-15-43(59)16-12-40)42(36-57)37-68-31-33-70(34-32-68)45-17-13-41(14-18-45)55(73)66-81(77,78)47-19-20-51(53(35-47)80(75,76)58(61,62)63)64-44(39-79-46-7-4-3-5-8-46)22-25-67-27-29-69(30-28-67)38-49-50(60)9-6-10-52(49)71-26-23-54(72)65-56(71)74/h3-20,35,44,64H,21-34,36-39H2,1-2H3,(H,66,73)(H,65,72,74)/t44-/m1/s1. The van der Waals surface area contributed by atoms with E-state index in [9.17, 15) is 44.4 Å². The van der Waals surface area contributed by atoms with Crippen LogP contribution in [0.4, 0.5) is 39.4 Å². The molecule has 0 radical (unpaired) electrons. The molecule has 0 bridgehead atoms. The van der Waals surface area contributed by atoms with E-state index in [-0.39, 0.29) is 36.2 Å². The van der Waals surface area contributed by atoms with Crippen molar-refractivity contribution in [3.05, 3.63) is 148 Å². The summed E-state index contributed by atoms with van der Waals surface area (Å²) in [5, 5.41) is 5.98. The Hall–Kier alpha value is -6.01. The van der Waals surface area contributed by atoms with Gasteiger partial charge in [0.15, 0.2) is 0 Å². The van der Waals surface area contributed by atoms with Crippen LogP contribution in [0.25, 0.3) is 5.57 Å². The van der Waals surface area contributed by atoms with Crippen LogP contribution in [0.3, 0.4) is 0 Å². The molecule has 0 aromatic heterocycles. The molecule has 1 aliphatic carbocycles. The van der Waals surface area contributed by atoms with Crippen LogP contribution in [0, 0.1) is 11.2 Å². The maximum absolute atomic E-state index is 15.3. The Morgan fingerprint density at radius 3 is 2.12 bits per heavy atom. The summed E-state index contributed by atoms with van der Waals surface area (Å²) in [6.45, 7) is 11.3. The Labute approximate surface area is 480 Å². The Morgan fingerprint density at radius 2 is 1.44 bits per heavy atom. The van der Waals surface area contributed by atoms with E-state index < -0.39 is 70.6 Å². The summed E-state index contributed by atoms with van der Waals surface area (Å²) in [4.78, 5) is 46.8. The van der Waals surface area contributed by atoms with Gasteiger partial charge in [-0.1, -0.05) is 67.4 Å². The molecule has 3 fully saturated rings. The fourth-order valence-corrected chi connectivity index (χ4v) is 14.0. The van der Waals surface area contributed by atoms with Crippen molar-refractivity contribution in [2.24, 2.45) is 5.41 Å². The number of carbonyl (C=O) groups is 3. The molecule has 0 unspecified atom stereocenters. The normalized spacial score (nSPS) is 18.4. The van der Waals surface area contributed by atoms with Gasteiger partial charge in [0.1, 0.15) is 10.7 Å². The van der Waals surface area contributed by atoms with Crippen molar-refractivity contribution in [3.8, 4) is 0 Å². The number of anilines is 3. The number of urea groups is 1. The number of allylic oxidation sites excluding steroid dienone is 1. The van der Waals surface area contributed by atoms with E-state index in [0.29, 0.717) is 74.6 Å². The molecule has 0 saturated carbocycles. The van der Waals surface area contributed by atoms with Gasteiger partial charge in [0.05, 0.1) is 16.3 Å². The van der Waals surface area contributed by atoms with Gasteiger partial charge in [-0.2, -0.15) is 13.2 Å². The molecule has 5 aromatic carbocycles. The molecule has 0 spiro atoms. The number of piperazine rings is 2. The second-order valence-electron chi connectivity index (χ2n) is 21.6. The molecule has 15 nitrogen and oxygen atoms in total. The first kappa shape index (κ1) is 59.6. The summed E-state index contributed by atoms with van der Waals surface area (Å²) in [6, 6.07) is 29.1. The Morgan fingerprint density at radius 1 is 0.778 bits per heavy atom. The smallest absolute Gasteiger partial charge is 0.380 e. The molecule has 1 atom stereocenters. The monoisotopic (exact) mass is 1190 g/mol. The van der Waals surface area contributed by atoms with Crippen LogP contribution in [-0.2, 0) is 31.2 Å². The number of sulfonamides is 1. The molecule has 9 rings (SSSR count). The van der Waals surface area contributed by atoms with Crippen LogP contribution in [-0.4, -0.2) is 139 Å². The van der Waals surface area contributed by atoms with Gasteiger partial charge in [-0.25, -0.2) is 30.7 Å². The lowest BCUT2D eigenvalue weighted by Gasteiger charge is -2.39. The predicted octanol–water partition coefficient (Wildman–Crippen LogP) is 9.90. The van der Waals surface area contributed by atoms with Crippen molar-refractivity contribution in [3.63, 3.8) is 0 Å². The van der Waals surface area contributed by atoms with Crippen LogP contribution >= 0.6 is 23.4 Å². The zero-order chi connectivity index (χ0) is 57.7. The topological polar surface area (TPSA) is 172 Å². The number of nitrogens with one attached hydrogen (secondary N) is 3. The van der Waals surface area contributed by atoms with Crippen LogP contribution in [0.2, 0.25) is 5.02 Å². The fourth-order valence-electron chi connectivity index (χ4n) is 10.8. The van der Waals surface area contributed by atoms with Gasteiger partial charge in [-0.15, -0.1) is 11.8 Å². The minimum absolute atomic E-state index is 0.0358. The maximum Gasteiger partial charge on any atom is 0.501 e. The van der Waals surface area contributed by atoms with Gasteiger partial charge in [0.2, 0.25) is 5.91 Å². The Bertz CT molecular complexity index is 3360. The third-order valence-corrected chi connectivity index (χ3v) is 19.6. The first-order valence-electron chi connectivity index (χ1n) is 26.9. The number of nitrogens with zero attached hydrogens (tertiary/aromatic N) is 5. The molecule has 5 aromatic rings. The second-order valence-corrected chi connectivity index (χ2v) is 26.8. The SMILES string of the molecule is CC1(C)CCC(c2ccc(Cl)cc2)=C(CN2CCN(c3ccc(C(=O)NS(=O)(=O)c4ccc(N[C@H](CCN5CCN(Cc6c(F)cccc6N6CCC(=O)NC6=O)CC5)CSc5ccccc5)c(S(=O)(=O)C(F)(F)F)c4)cc3)CC2)C1. The molecular weight excluding hydrogens is 1130 g/mol. The van der Waals surface area contributed by atoms with E-state index in [0.717, 1.165) is 61.6 Å². The van der Waals surface area contributed by atoms with Crippen LogP contribution < -0.4 is 25.2 Å². The number of hydrogen-bond acceptors (Lipinski definition) is 13. The highest BCUT2D eigenvalue weighted by Crippen LogP contribution is 2.43. The molecular formula is C58H65ClF4N8O7S3. The van der Waals surface area contributed by atoms with E-state index in [2.05, 4.69) is 51.3 Å². The highest BCUT2D eigenvalue weighted by Gasteiger charge is 2.48. The van der Waals surface area contributed by atoms with Crippen LogP contribution in [0.15, 0.2) is 136 Å². The average molecular weight is 1190 g/mol. The van der Waals surface area contributed by atoms with Crippen molar-refractivity contribution < 1.29 is 48.8 Å². The minimum atomic E-state index is -6.16. The lowest BCUT2D eigenvalue weighted by atomic mass is 9.73. The number of amides is 4. The highest BCUT2D eigenvalue weighted by atomic mass is 35.5. The predicted molar refractivity (Wildman–Crippen MR) is 308 cm³/mol. The number of halogens is 5. The third kappa shape index (κ3) is 14.8. The number of rotatable bonds is 19. The minimum Gasteiger partial charge on any atom is -0.380 e. The molecule has 81 heavy (non-hydrogen) atoms.